The predicted octanol–water partition coefficient (Wildman–Crippen LogP) is 4.56. The Balaban J connectivity index is 2.04. The van der Waals surface area contributed by atoms with Gasteiger partial charge in [-0.15, -0.1) is 13.2 Å². The summed E-state index contributed by atoms with van der Waals surface area (Å²) in [5.74, 6) is 1.08. The highest BCUT2D eigenvalue weighted by atomic mass is 35.5. The van der Waals surface area contributed by atoms with Crippen molar-refractivity contribution in [2.24, 2.45) is 0 Å². The maximum Gasteiger partial charge on any atom is 0.229 e. The molecule has 0 amide bonds. The van der Waals surface area contributed by atoms with E-state index in [1.54, 1.807) is 12.3 Å². The molecule has 1 heterocycles. The summed E-state index contributed by atoms with van der Waals surface area (Å²) in [6.07, 6.45) is 5.96. The highest BCUT2D eigenvalue weighted by molar-refractivity contribution is 6.32. The number of anilines is 3. The van der Waals surface area contributed by atoms with Crippen molar-refractivity contribution in [1.82, 2.24) is 9.97 Å². The Hall–Kier alpha value is -2.37. The highest BCUT2D eigenvalue weighted by Gasteiger charge is 2.05. The number of ether oxygens (including phenoxy) is 1. The molecular formula is C18H21ClN4O. The van der Waals surface area contributed by atoms with Crippen molar-refractivity contribution in [3.63, 3.8) is 0 Å². The lowest BCUT2D eigenvalue weighted by molar-refractivity contribution is 0.149. The summed E-state index contributed by atoms with van der Waals surface area (Å²) in [5, 5.41) is 6.82. The third-order valence-electron chi connectivity index (χ3n) is 3.07. The summed E-state index contributed by atoms with van der Waals surface area (Å²) in [6.45, 7) is 9.09. The van der Waals surface area contributed by atoms with Gasteiger partial charge in [-0.2, -0.15) is 4.98 Å². The summed E-state index contributed by atoms with van der Waals surface area (Å²) in [5.41, 5.74) is 1.94. The van der Waals surface area contributed by atoms with Crippen LogP contribution in [0.5, 0.6) is 0 Å². The number of rotatable bonds is 10. The van der Waals surface area contributed by atoms with Crippen LogP contribution in [0.2, 0.25) is 5.02 Å². The average Bonchev–Trinajstić information content (AvgIpc) is 2.58. The average molecular weight is 345 g/mol. The standard InChI is InChI=1S/C18H21ClN4O/c1-3-5-9-20-17-16(19)12-21-18(23-17)22-15-8-6-7-14(11-15)13-24-10-4-2/h3-4,6-8,11-12H,1-2,5,9-10,13H2,(H2,20,21,22,23). The summed E-state index contributed by atoms with van der Waals surface area (Å²) in [7, 11) is 0. The van der Waals surface area contributed by atoms with E-state index in [2.05, 4.69) is 33.8 Å². The van der Waals surface area contributed by atoms with Gasteiger partial charge in [0.25, 0.3) is 0 Å². The SMILES string of the molecule is C=CCCNc1nc(Nc2cccc(COCC=C)c2)ncc1Cl. The van der Waals surface area contributed by atoms with Crippen LogP contribution in [-0.2, 0) is 11.3 Å². The Kier molecular flexibility index (Phi) is 7.26. The van der Waals surface area contributed by atoms with Crippen molar-refractivity contribution < 1.29 is 4.74 Å². The van der Waals surface area contributed by atoms with Crippen molar-refractivity contribution in [2.75, 3.05) is 23.8 Å². The predicted molar refractivity (Wildman–Crippen MR) is 99.9 cm³/mol. The van der Waals surface area contributed by atoms with E-state index in [0.717, 1.165) is 24.2 Å². The van der Waals surface area contributed by atoms with Crippen LogP contribution in [-0.4, -0.2) is 23.1 Å². The molecule has 0 unspecified atom stereocenters. The molecule has 5 nitrogen and oxygen atoms in total. The molecule has 0 spiro atoms. The molecule has 0 fully saturated rings. The van der Waals surface area contributed by atoms with Gasteiger partial charge in [-0.05, 0) is 24.1 Å². The summed E-state index contributed by atoms with van der Waals surface area (Å²) < 4.78 is 5.45. The van der Waals surface area contributed by atoms with Crippen molar-refractivity contribution in [1.29, 1.82) is 0 Å². The minimum absolute atomic E-state index is 0.477. The van der Waals surface area contributed by atoms with E-state index in [0.29, 0.717) is 30.0 Å². The first-order valence-corrected chi connectivity index (χ1v) is 8.02. The smallest absolute Gasteiger partial charge is 0.229 e. The maximum atomic E-state index is 6.11. The fourth-order valence-electron chi connectivity index (χ4n) is 1.97. The molecule has 2 rings (SSSR count). The fourth-order valence-corrected chi connectivity index (χ4v) is 2.13. The number of nitrogens with one attached hydrogen (secondary N) is 2. The molecule has 0 aliphatic heterocycles. The maximum absolute atomic E-state index is 6.11. The molecule has 126 valence electrons. The molecule has 0 saturated carbocycles. The van der Waals surface area contributed by atoms with Crippen LogP contribution in [0, 0.1) is 0 Å². The van der Waals surface area contributed by atoms with Gasteiger partial charge in [-0.3, -0.25) is 0 Å². The molecule has 6 heteroatoms. The van der Waals surface area contributed by atoms with Crippen LogP contribution in [0.3, 0.4) is 0 Å². The van der Waals surface area contributed by atoms with Gasteiger partial charge in [0, 0.05) is 12.2 Å². The van der Waals surface area contributed by atoms with Gasteiger partial charge in [-0.1, -0.05) is 35.9 Å². The third kappa shape index (κ3) is 5.68. The van der Waals surface area contributed by atoms with E-state index < -0.39 is 0 Å². The molecule has 0 atom stereocenters. The van der Waals surface area contributed by atoms with Crippen LogP contribution in [0.25, 0.3) is 0 Å². The summed E-state index contributed by atoms with van der Waals surface area (Å²) in [4.78, 5) is 8.61. The molecule has 0 bridgehead atoms. The lowest BCUT2D eigenvalue weighted by Gasteiger charge is -2.10. The minimum Gasteiger partial charge on any atom is -0.373 e. The van der Waals surface area contributed by atoms with Crippen molar-refractivity contribution in [3.05, 3.63) is 66.4 Å². The second kappa shape index (κ2) is 9.70. The first-order valence-electron chi connectivity index (χ1n) is 7.65. The van der Waals surface area contributed by atoms with E-state index in [-0.39, 0.29) is 0 Å². The molecule has 2 N–H and O–H groups in total. The van der Waals surface area contributed by atoms with Crippen LogP contribution in [0.1, 0.15) is 12.0 Å². The normalized spacial score (nSPS) is 10.2. The van der Waals surface area contributed by atoms with E-state index >= 15 is 0 Å². The second-order valence-electron chi connectivity index (χ2n) is 5.02. The number of halogens is 1. The molecule has 0 aliphatic rings. The topological polar surface area (TPSA) is 59.1 Å². The Labute approximate surface area is 147 Å². The first kappa shape index (κ1) is 18.0. The Morgan fingerprint density at radius 2 is 2.12 bits per heavy atom. The van der Waals surface area contributed by atoms with Gasteiger partial charge in [0.05, 0.1) is 19.4 Å². The van der Waals surface area contributed by atoms with Gasteiger partial charge in [0.1, 0.15) is 5.02 Å². The van der Waals surface area contributed by atoms with E-state index in [1.807, 2.05) is 30.3 Å². The lowest BCUT2D eigenvalue weighted by atomic mass is 10.2. The molecule has 24 heavy (non-hydrogen) atoms. The molecule has 1 aromatic heterocycles. The summed E-state index contributed by atoms with van der Waals surface area (Å²) in [6, 6.07) is 7.89. The number of hydrogen-bond acceptors (Lipinski definition) is 5. The molecule has 0 radical (unpaired) electrons. The largest absolute Gasteiger partial charge is 0.373 e. The van der Waals surface area contributed by atoms with Gasteiger partial charge in [0.2, 0.25) is 5.95 Å². The zero-order valence-electron chi connectivity index (χ0n) is 13.5. The van der Waals surface area contributed by atoms with Gasteiger partial charge in [0.15, 0.2) is 5.82 Å². The second-order valence-corrected chi connectivity index (χ2v) is 5.43. The Morgan fingerprint density at radius 1 is 1.25 bits per heavy atom. The highest BCUT2D eigenvalue weighted by Crippen LogP contribution is 2.22. The number of benzene rings is 1. The van der Waals surface area contributed by atoms with Gasteiger partial charge >= 0.3 is 0 Å². The third-order valence-corrected chi connectivity index (χ3v) is 3.35. The fraction of sp³-hybridized carbons (Fsp3) is 0.222. The minimum atomic E-state index is 0.477. The lowest BCUT2D eigenvalue weighted by Crippen LogP contribution is -2.06. The van der Waals surface area contributed by atoms with Gasteiger partial charge in [-0.25, -0.2) is 4.98 Å². The van der Waals surface area contributed by atoms with Crippen molar-refractivity contribution in [2.45, 2.75) is 13.0 Å². The Bertz CT molecular complexity index is 690. The summed E-state index contributed by atoms with van der Waals surface area (Å²) >= 11 is 6.11. The van der Waals surface area contributed by atoms with Crippen LogP contribution >= 0.6 is 11.6 Å². The van der Waals surface area contributed by atoms with Crippen LogP contribution < -0.4 is 10.6 Å². The monoisotopic (exact) mass is 344 g/mol. The van der Waals surface area contributed by atoms with Crippen LogP contribution in [0.4, 0.5) is 17.5 Å². The molecule has 2 aromatic rings. The first-order chi connectivity index (χ1) is 11.7. The van der Waals surface area contributed by atoms with E-state index in [9.17, 15) is 0 Å². The quantitative estimate of drug-likeness (QED) is 0.488. The zero-order valence-corrected chi connectivity index (χ0v) is 14.2. The molecule has 0 saturated heterocycles. The van der Waals surface area contributed by atoms with Crippen molar-refractivity contribution in [3.8, 4) is 0 Å². The van der Waals surface area contributed by atoms with Crippen LogP contribution in [0.15, 0.2) is 55.8 Å². The number of hydrogen-bond donors (Lipinski definition) is 2. The Morgan fingerprint density at radius 3 is 2.92 bits per heavy atom. The van der Waals surface area contributed by atoms with Gasteiger partial charge < -0.3 is 15.4 Å². The zero-order chi connectivity index (χ0) is 17.2. The molecule has 0 aliphatic carbocycles. The molecule has 1 aromatic carbocycles. The number of nitrogens with zero attached hydrogens (tertiary/aromatic N) is 2. The van der Waals surface area contributed by atoms with E-state index in [1.165, 1.54) is 0 Å². The van der Waals surface area contributed by atoms with E-state index in [4.69, 9.17) is 16.3 Å². The van der Waals surface area contributed by atoms with Crippen molar-refractivity contribution >= 4 is 29.1 Å². The molecular weight excluding hydrogens is 324 g/mol. The number of aromatic nitrogens is 2.